The molecule has 0 spiro atoms. The van der Waals surface area contributed by atoms with E-state index in [-0.39, 0.29) is 17.1 Å². The lowest BCUT2D eigenvalue weighted by atomic mass is 10.0. The third-order valence-corrected chi connectivity index (χ3v) is 4.58. The summed E-state index contributed by atoms with van der Waals surface area (Å²) in [7, 11) is 0. The zero-order valence-corrected chi connectivity index (χ0v) is 14.0. The van der Waals surface area contributed by atoms with E-state index in [4.69, 9.17) is 11.6 Å². The van der Waals surface area contributed by atoms with Gasteiger partial charge in [-0.3, -0.25) is 9.59 Å². The van der Waals surface area contributed by atoms with Crippen molar-refractivity contribution in [3.63, 3.8) is 0 Å². The second-order valence-electron chi connectivity index (χ2n) is 5.96. The van der Waals surface area contributed by atoms with Crippen molar-refractivity contribution >= 4 is 23.2 Å². The van der Waals surface area contributed by atoms with Crippen LogP contribution in [0.1, 0.15) is 26.3 Å². The minimum Gasteiger partial charge on any atom is -0.350 e. The van der Waals surface area contributed by atoms with E-state index in [1.54, 1.807) is 24.3 Å². The molecule has 25 heavy (non-hydrogen) atoms. The second kappa shape index (κ2) is 6.19. The van der Waals surface area contributed by atoms with Gasteiger partial charge in [0.2, 0.25) is 0 Å². The third kappa shape index (κ3) is 2.83. The number of nitrogens with zero attached hydrogens (tertiary/aromatic N) is 1. The van der Waals surface area contributed by atoms with Crippen LogP contribution in [0.5, 0.6) is 0 Å². The van der Waals surface area contributed by atoms with Crippen LogP contribution in [0.25, 0.3) is 0 Å². The van der Waals surface area contributed by atoms with Crippen LogP contribution in [0.4, 0.5) is 0 Å². The van der Waals surface area contributed by atoms with Gasteiger partial charge in [-0.2, -0.15) is 0 Å². The Balaban J connectivity index is 1.58. The smallest absolute Gasteiger partial charge is 0.198 e. The molecule has 0 fully saturated rings. The summed E-state index contributed by atoms with van der Waals surface area (Å²) >= 11 is 5.90. The molecule has 1 heterocycles. The highest BCUT2D eigenvalue weighted by Gasteiger charge is 2.34. The quantitative estimate of drug-likeness (QED) is 0.590. The van der Waals surface area contributed by atoms with E-state index < -0.39 is 0 Å². The fraction of sp³-hybridized carbons (Fsp3) is 0.0476. The lowest BCUT2D eigenvalue weighted by Gasteiger charge is -2.19. The summed E-state index contributed by atoms with van der Waals surface area (Å²) in [6.45, 7) is 0.689. The van der Waals surface area contributed by atoms with Gasteiger partial charge in [-0.25, -0.2) is 0 Å². The number of halogens is 1. The molecule has 0 aromatic heterocycles. The summed E-state index contributed by atoms with van der Waals surface area (Å²) in [5, 5.41) is 0.707. The van der Waals surface area contributed by atoms with Gasteiger partial charge in [0.1, 0.15) is 0 Å². The van der Waals surface area contributed by atoms with E-state index >= 15 is 0 Å². The molecule has 4 heteroatoms. The average Bonchev–Trinajstić information content (AvgIpc) is 2.89. The topological polar surface area (TPSA) is 37.4 Å². The third-order valence-electron chi connectivity index (χ3n) is 4.33. The van der Waals surface area contributed by atoms with Crippen molar-refractivity contribution in [2.24, 2.45) is 0 Å². The number of hydrogen-bond donors (Lipinski definition) is 0. The van der Waals surface area contributed by atoms with Crippen LogP contribution >= 0.6 is 11.6 Å². The van der Waals surface area contributed by atoms with Crippen molar-refractivity contribution in [3.8, 4) is 0 Å². The first-order chi connectivity index (χ1) is 12.1. The van der Waals surface area contributed by atoms with Gasteiger partial charge in [0.05, 0.1) is 5.57 Å². The fourth-order valence-corrected chi connectivity index (χ4v) is 3.17. The van der Waals surface area contributed by atoms with Gasteiger partial charge in [0, 0.05) is 35.1 Å². The van der Waals surface area contributed by atoms with Gasteiger partial charge in [-0.05, 0) is 35.4 Å². The van der Waals surface area contributed by atoms with Crippen LogP contribution in [0.3, 0.4) is 0 Å². The normalized spacial score (nSPS) is 16.0. The number of allylic oxidation sites excluding steroid dienone is 4. The minimum absolute atomic E-state index is 0.198. The average molecular weight is 348 g/mol. The Morgan fingerprint density at radius 2 is 1.36 bits per heavy atom. The highest BCUT2D eigenvalue weighted by Crippen LogP contribution is 2.30. The van der Waals surface area contributed by atoms with Gasteiger partial charge in [-0.15, -0.1) is 0 Å². The highest BCUT2D eigenvalue weighted by molar-refractivity contribution is 6.40. The maximum Gasteiger partial charge on any atom is 0.198 e. The van der Waals surface area contributed by atoms with E-state index in [2.05, 4.69) is 0 Å². The number of rotatable bonds is 2. The number of carbonyl (C=O) groups excluding carboxylic acids is 2. The molecule has 0 unspecified atom stereocenters. The number of hydrogen-bond acceptors (Lipinski definition) is 3. The van der Waals surface area contributed by atoms with Crippen molar-refractivity contribution in [2.45, 2.75) is 6.54 Å². The Morgan fingerprint density at radius 3 is 1.92 bits per heavy atom. The number of carbonyl (C=O) groups is 2. The first-order valence-electron chi connectivity index (χ1n) is 7.93. The Morgan fingerprint density at radius 1 is 0.800 bits per heavy atom. The summed E-state index contributed by atoms with van der Waals surface area (Å²) in [5.74, 6) is -0.396. The molecule has 122 valence electrons. The largest absolute Gasteiger partial charge is 0.350 e. The van der Waals surface area contributed by atoms with Crippen molar-refractivity contribution in [1.29, 1.82) is 0 Å². The predicted octanol–water partition coefficient (Wildman–Crippen LogP) is 4.56. The number of benzene rings is 2. The highest BCUT2D eigenvalue weighted by atomic mass is 35.5. The van der Waals surface area contributed by atoms with Crippen LogP contribution in [-0.2, 0) is 6.54 Å². The van der Waals surface area contributed by atoms with Crippen molar-refractivity contribution in [1.82, 2.24) is 4.90 Å². The maximum atomic E-state index is 12.5. The Bertz CT molecular complexity index is 915. The molecule has 0 saturated carbocycles. The van der Waals surface area contributed by atoms with Gasteiger partial charge in [0.25, 0.3) is 0 Å². The zero-order chi connectivity index (χ0) is 17.4. The van der Waals surface area contributed by atoms with E-state index in [1.165, 1.54) is 0 Å². The fourth-order valence-electron chi connectivity index (χ4n) is 3.04. The number of Topliss-reactive ketones (excluding diaryl/α,β-unsaturated/α-hetero) is 2. The van der Waals surface area contributed by atoms with Gasteiger partial charge < -0.3 is 4.90 Å². The van der Waals surface area contributed by atoms with Crippen molar-refractivity contribution in [2.75, 3.05) is 0 Å². The van der Waals surface area contributed by atoms with Gasteiger partial charge in [0.15, 0.2) is 11.6 Å². The van der Waals surface area contributed by atoms with Crippen LogP contribution in [0, 0.1) is 0 Å². The second-order valence-corrected chi connectivity index (χ2v) is 6.40. The number of ketones is 2. The molecule has 1 aliphatic heterocycles. The van der Waals surface area contributed by atoms with Gasteiger partial charge in [-0.1, -0.05) is 48.0 Å². The molecule has 0 atom stereocenters. The van der Waals surface area contributed by atoms with E-state index in [0.717, 1.165) is 5.56 Å². The summed E-state index contributed by atoms with van der Waals surface area (Å²) in [4.78, 5) is 27.1. The number of fused-ring (bicyclic) bond motifs is 1. The summed E-state index contributed by atoms with van der Waals surface area (Å²) in [6, 6.07) is 14.6. The SMILES string of the molecule is O=C1C(=C2C=CN(Cc3ccc(Cl)cc3)C=C2)C(=O)c2ccccc21. The molecular weight excluding hydrogens is 334 g/mol. The Kier molecular flexibility index (Phi) is 3.86. The molecule has 0 saturated heterocycles. The van der Waals surface area contributed by atoms with Crippen LogP contribution in [0.2, 0.25) is 5.02 Å². The molecule has 0 N–H and O–H groups in total. The Labute approximate surface area is 150 Å². The molecule has 3 nitrogen and oxygen atoms in total. The van der Waals surface area contributed by atoms with Crippen LogP contribution in [0.15, 0.2) is 84.2 Å². The lowest BCUT2D eigenvalue weighted by Crippen LogP contribution is -2.13. The first-order valence-corrected chi connectivity index (χ1v) is 8.30. The Hall–Kier alpha value is -2.91. The monoisotopic (exact) mass is 347 g/mol. The molecule has 2 aromatic rings. The minimum atomic E-state index is -0.198. The molecule has 0 bridgehead atoms. The standard InChI is InChI=1S/C21H14ClNO2/c22-16-7-5-14(6-8-16)13-23-11-9-15(10-12-23)19-20(24)17-3-1-2-4-18(17)21(19)25/h1-12H,13H2. The predicted molar refractivity (Wildman–Crippen MR) is 97.4 cm³/mol. The molecule has 0 amide bonds. The van der Waals surface area contributed by atoms with Crippen molar-refractivity contribution < 1.29 is 9.59 Å². The molecule has 2 aromatic carbocycles. The molecular formula is C21H14ClNO2. The summed E-state index contributed by atoms with van der Waals surface area (Å²) in [6.07, 6.45) is 7.38. The zero-order valence-electron chi connectivity index (χ0n) is 13.3. The lowest BCUT2D eigenvalue weighted by molar-refractivity contribution is 0.0988. The molecule has 4 rings (SSSR count). The van der Waals surface area contributed by atoms with Crippen LogP contribution in [-0.4, -0.2) is 16.5 Å². The molecule has 2 aliphatic rings. The van der Waals surface area contributed by atoms with E-state index in [0.29, 0.717) is 28.3 Å². The maximum absolute atomic E-state index is 12.5. The van der Waals surface area contributed by atoms with E-state index in [1.807, 2.05) is 53.7 Å². The molecule has 1 aliphatic carbocycles. The van der Waals surface area contributed by atoms with E-state index in [9.17, 15) is 9.59 Å². The summed E-state index contributed by atoms with van der Waals surface area (Å²) < 4.78 is 0. The van der Waals surface area contributed by atoms with Gasteiger partial charge >= 0.3 is 0 Å². The van der Waals surface area contributed by atoms with Crippen LogP contribution < -0.4 is 0 Å². The first kappa shape index (κ1) is 15.6. The summed E-state index contributed by atoms with van der Waals surface area (Å²) in [5.41, 5.74) is 2.99. The molecule has 0 radical (unpaired) electrons. The van der Waals surface area contributed by atoms with Crippen molar-refractivity contribution in [3.05, 3.63) is 106 Å².